The Hall–Kier alpha value is -2.41. The highest BCUT2D eigenvalue weighted by Crippen LogP contribution is 2.37. The minimum Gasteiger partial charge on any atom is -0.508 e. The maximum absolute atomic E-state index is 12.8. The number of anilines is 1. The smallest absolute Gasteiger partial charge is 0.270 e. The number of aromatic nitrogens is 1. The summed E-state index contributed by atoms with van der Waals surface area (Å²) in [5.41, 5.74) is 1.85. The zero-order valence-corrected chi connectivity index (χ0v) is 15.6. The van der Waals surface area contributed by atoms with Crippen LogP contribution in [0.25, 0.3) is 17.0 Å². The zero-order chi connectivity index (χ0) is 18.3. The molecule has 0 atom stereocenters. The van der Waals surface area contributed by atoms with Crippen molar-refractivity contribution in [2.45, 2.75) is 0 Å². The molecule has 0 bridgehead atoms. The Morgan fingerprint density at radius 2 is 1.96 bits per heavy atom. The zero-order valence-electron chi connectivity index (χ0n) is 13.2. The molecule has 0 radical (unpaired) electrons. The first-order valence-electron chi connectivity index (χ1n) is 7.65. The number of rotatable bonds is 2. The largest absolute Gasteiger partial charge is 0.508 e. The maximum Gasteiger partial charge on any atom is 0.270 e. The van der Waals surface area contributed by atoms with Crippen LogP contribution in [0.5, 0.6) is 5.75 Å². The molecular weight excluding hydrogens is 388 g/mol. The highest BCUT2D eigenvalue weighted by Gasteiger charge is 2.33. The van der Waals surface area contributed by atoms with Gasteiger partial charge in [-0.05, 0) is 30.3 Å². The summed E-state index contributed by atoms with van der Waals surface area (Å²) in [7, 11) is 0. The predicted octanol–water partition coefficient (Wildman–Crippen LogP) is 5.00. The molecule has 0 saturated carbocycles. The number of thiocarbonyl (C=S) groups is 1. The number of aromatic hydroxyl groups is 1. The lowest BCUT2D eigenvalue weighted by Crippen LogP contribution is -2.27. The lowest BCUT2D eigenvalue weighted by atomic mass is 10.2. The van der Waals surface area contributed by atoms with E-state index in [9.17, 15) is 9.90 Å². The van der Waals surface area contributed by atoms with Gasteiger partial charge in [0, 0.05) is 11.5 Å². The van der Waals surface area contributed by atoms with E-state index >= 15 is 0 Å². The molecule has 4 rings (SSSR count). The van der Waals surface area contributed by atoms with Crippen molar-refractivity contribution in [3.05, 3.63) is 70.2 Å². The van der Waals surface area contributed by atoms with E-state index in [1.165, 1.54) is 22.7 Å². The molecule has 2 heterocycles. The number of benzene rings is 2. The van der Waals surface area contributed by atoms with Gasteiger partial charge in [0.2, 0.25) is 0 Å². The lowest BCUT2D eigenvalue weighted by Gasteiger charge is -2.14. The number of hydrogen-bond acceptors (Lipinski definition) is 5. The number of phenolic OH excluding ortho intramolecular Hbond substituents is 1. The molecule has 1 aromatic heterocycles. The number of pyridine rings is 1. The van der Waals surface area contributed by atoms with Crippen LogP contribution < -0.4 is 4.90 Å². The summed E-state index contributed by atoms with van der Waals surface area (Å²) in [6, 6.07) is 15.8. The monoisotopic (exact) mass is 398 g/mol. The molecular formula is C19H11ClN2O2S2. The number of amides is 1. The molecule has 7 heteroatoms. The lowest BCUT2D eigenvalue weighted by molar-refractivity contribution is -0.113. The average Bonchev–Trinajstić information content (AvgIpc) is 2.89. The van der Waals surface area contributed by atoms with E-state index < -0.39 is 0 Å². The van der Waals surface area contributed by atoms with Gasteiger partial charge in [0.1, 0.15) is 5.75 Å². The Bertz CT molecular complexity index is 1100. The van der Waals surface area contributed by atoms with Crippen LogP contribution in [0.4, 0.5) is 5.69 Å². The van der Waals surface area contributed by atoms with E-state index in [1.807, 2.05) is 24.3 Å². The number of nitrogens with zero attached hydrogens (tertiary/aromatic N) is 2. The molecule has 0 spiro atoms. The van der Waals surface area contributed by atoms with Gasteiger partial charge in [-0.25, -0.2) is 4.98 Å². The topological polar surface area (TPSA) is 53.4 Å². The molecule has 26 heavy (non-hydrogen) atoms. The number of fused-ring (bicyclic) bond motifs is 1. The fraction of sp³-hybridized carbons (Fsp3) is 0. The molecule has 2 aromatic carbocycles. The number of halogens is 1. The van der Waals surface area contributed by atoms with Gasteiger partial charge in [-0.1, -0.05) is 59.8 Å². The molecule has 0 aliphatic carbocycles. The summed E-state index contributed by atoms with van der Waals surface area (Å²) in [6.45, 7) is 0. The minimum absolute atomic E-state index is 0.0753. The second-order valence-corrected chi connectivity index (χ2v) is 7.67. The van der Waals surface area contributed by atoms with Crippen molar-refractivity contribution in [1.82, 2.24) is 4.98 Å². The maximum atomic E-state index is 12.8. The summed E-state index contributed by atoms with van der Waals surface area (Å²) in [6.07, 6.45) is 1.70. The SMILES string of the molecule is O=C1C(=Cc2ccc3cccc(Cl)c3n2)SC(=S)N1c1cccc(O)c1. The molecule has 1 amide bonds. The van der Waals surface area contributed by atoms with Gasteiger partial charge in [0.15, 0.2) is 4.32 Å². The molecule has 1 aliphatic heterocycles. The quantitative estimate of drug-likeness (QED) is 0.486. The second-order valence-electron chi connectivity index (χ2n) is 5.58. The number of hydrogen-bond donors (Lipinski definition) is 1. The summed E-state index contributed by atoms with van der Waals surface area (Å²) < 4.78 is 0.408. The van der Waals surface area contributed by atoms with Crippen LogP contribution in [-0.2, 0) is 4.79 Å². The molecule has 0 unspecified atom stereocenters. The Kier molecular flexibility index (Phi) is 4.40. The molecule has 4 nitrogen and oxygen atoms in total. The first-order chi connectivity index (χ1) is 12.5. The average molecular weight is 399 g/mol. The standard InChI is InChI=1S/C19H11ClN2O2S2/c20-15-6-1-3-11-7-8-12(21-17(11)15)9-16-18(24)22(19(25)26-16)13-4-2-5-14(23)10-13/h1-10,23H. The van der Waals surface area contributed by atoms with Gasteiger partial charge in [0.25, 0.3) is 5.91 Å². The predicted molar refractivity (Wildman–Crippen MR) is 111 cm³/mol. The third-order valence-electron chi connectivity index (χ3n) is 3.85. The Morgan fingerprint density at radius 1 is 1.15 bits per heavy atom. The Labute approximate surface area is 164 Å². The van der Waals surface area contributed by atoms with Gasteiger partial charge in [-0.2, -0.15) is 0 Å². The summed E-state index contributed by atoms with van der Waals surface area (Å²) in [5.74, 6) is -0.168. The Morgan fingerprint density at radius 3 is 2.77 bits per heavy atom. The van der Waals surface area contributed by atoms with Crippen molar-refractivity contribution in [2.75, 3.05) is 4.90 Å². The van der Waals surface area contributed by atoms with Gasteiger partial charge < -0.3 is 5.11 Å². The van der Waals surface area contributed by atoms with Crippen molar-refractivity contribution in [1.29, 1.82) is 0 Å². The van der Waals surface area contributed by atoms with E-state index in [4.69, 9.17) is 23.8 Å². The van der Waals surface area contributed by atoms with Crippen LogP contribution >= 0.6 is 35.6 Å². The molecule has 1 fully saturated rings. The van der Waals surface area contributed by atoms with Crippen LogP contribution in [-0.4, -0.2) is 20.3 Å². The van der Waals surface area contributed by atoms with Crippen LogP contribution in [0, 0.1) is 0 Å². The van der Waals surface area contributed by atoms with E-state index in [0.717, 1.165) is 5.39 Å². The van der Waals surface area contributed by atoms with Crippen molar-refractivity contribution < 1.29 is 9.90 Å². The Balaban J connectivity index is 1.71. The fourth-order valence-corrected chi connectivity index (χ4v) is 4.17. The minimum atomic E-state index is -0.244. The third-order valence-corrected chi connectivity index (χ3v) is 5.46. The first kappa shape index (κ1) is 17.0. The van der Waals surface area contributed by atoms with Crippen LogP contribution in [0.2, 0.25) is 5.02 Å². The molecule has 128 valence electrons. The highest BCUT2D eigenvalue weighted by atomic mass is 35.5. The van der Waals surface area contributed by atoms with Crippen LogP contribution in [0.15, 0.2) is 59.5 Å². The van der Waals surface area contributed by atoms with Crippen molar-refractivity contribution in [3.8, 4) is 5.75 Å². The second kappa shape index (κ2) is 6.72. The van der Waals surface area contributed by atoms with Crippen molar-refractivity contribution in [3.63, 3.8) is 0 Å². The number of carbonyl (C=O) groups is 1. The molecule has 1 aliphatic rings. The number of carbonyl (C=O) groups excluding carboxylic acids is 1. The summed E-state index contributed by atoms with van der Waals surface area (Å²) in [4.78, 5) is 19.2. The molecule has 3 aromatic rings. The molecule has 1 saturated heterocycles. The summed E-state index contributed by atoms with van der Waals surface area (Å²) >= 11 is 12.7. The van der Waals surface area contributed by atoms with Gasteiger partial charge >= 0.3 is 0 Å². The van der Waals surface area contributed by atoms with Gasteiger partial charge in [0.05, 0.1) is 26.8 Å². The highest BCUT2D eigenvalue weighted by molar-refractivity contribution is 8.27. The number of para-hydroxylation sites is 1. The normalized spacial score (nSPS) is 16.0. The van der Waals surface area contributed by atoms with E-state index in [-0.39, 0.29) is 11.7 Å². The summed E-state index contributed by atoms with van der Waals surface area (Å²) in [5, 5.41) is 11.1. The number of phenols is 1. The van der Waals surface area contributed by atoms with Crippen molar-refractivity contribution in [2.24, 2.45) is 0 Å². The van der Waals surface area contributed by atoms with E-state index in [1.54, 1.807) is 30.3 Å². The van der Waals surface area contributed by atoms with E-state index in [0.29, 0.717) is 31.1 Å². The van der Waals surface area contributed by atoms with E-state index in [2.05, 4.69) is 4.98 Å². The third kappa shape index (κ3) is 3.07. The van der Waals surface area contributed by atoms with Crippen LogP contribution in [0.1, 0.15) is 5.69 Å². The van der Waals surface area contributed by atoms with Gasteiger partial charge in [-0.3, -0.25) is 9.69 Å². The van der Waals surface area contributed by atoms with Crippen molar-refractivity contribution >= 4 is 68.5 Å². The fourth-order valence-electron chi connectivity index (χ4n) is 2.66. The first-order valence-corrected chi connectivity index (χ1v) is 9.25. The number of thioether (sulfide) groups is 1. The van der Waals surface area contributed by atoms with Crippen LogP contribution in [0.3, 0.4) is 0 Å². The van der Waals surface area contributed by atoms with Gasteiger partial charge in [-0.15, -0.1) is 0 Å². The molecule has 1 N–H and O–H groups in total.